The molecule has 0 amide bonds. The highest BCUT2D eigenvalue weighted by molar-refractivity contribution is 6.30. The normalized spacial score (nSPS) is 15.2. The lowest BCUT2D eigenvalue weighted by Crippen LogP contribution is -2.30. The van der Waals surface area contributed by atoms with Crippen molar-refractivity contribution in [2.24, 2.45) is 0 Å². The van der Waals surface area contributed by atoms with Gasteiger partial charge in [-0.1, -0.05) is 17.7 Å². The first kappa shape index (κ1) is 13.2. The van der Waals surface area contributed by atoms with E-state index in [0.717, 1.165) is 30.4 Å². The van der Waals surface area contributed by atoms with Crippen LogP contribution in [-0.2, 0) is 0 Å². The van der Waals surface area contributed by atoms with Gasteiger partial charge in [-0.25, -0.2) is 9.97 Å². The molecule has 1 aliphatic rings. The Morgan fingerprint density at radius 3 is 2.70 bits per heavy atom. The zero-order chi connectivity index (χ0) is 13.8. The van der Waals surface area contributed by atoms with Crippen LogP contribution in [0.15, 0.2) is 36.7 Å². The van der Waals surface area contributed by atoms with Crippen molar-refractivity contribution in [2.75, 3.05) is 23.3 Å². The number of rotatable bonds is 3. The maximum absolute atomic E-state index is 5.98. The third kappa shape index (κ3) is 3.20. The first-order valence-corrected chi connectivity index (χ1v) is 7.29. The van der Waals surface area contributed by atoms with E-state index in [0.29, 0.717) is 5.02 Å². The van der Waals surface area contributed by atoms with E-state index in [-0.39, 0.29) is 0 Å². The fourth-order valence-electron chi connectivity index (χ4n) is 2.43. The molecule has 1 aromatic heterocycles. The van der Waals surface area contributed by atoms with Crippen LogP contribution < -0.4 is 10.2 Å². The topological polar surface area (TPSA) is 41.0 Å². The molecular formula is C15H17ClN4. The second-order valence-electron chi connectivity index (χ2n) is 4.94. The van der Waals surface area contributed by atoms with Crippen molar-refractivity contribution in [3.8, 4) is 0 Å². The summed E-state index contributed by atoms with van der Waals surface area (Å²) in [6, 6.07) is 9.61. The molecule has 1 aromatic carbocycles. The van der Waals surface area contributed by atoms with Crippen molar-refractivity contribution in [1.29, 1.82) is 0 Å². The van der Waals surface area contributed by atoms with E-state index in [1.807, 2.05) is 30.3 Å². The molecule has 5 heteroatoms. The van der Waals surface area contributed by atoms with Crippen LogP contribution >= 0.6 is 11.6 Å². The minimum atomic E-state index is 0.709. The first-order valence-electron chi connectivity index (χ1n) is 6.91. The number of hydrogen-bond donors (Lipinski definition) is 1. The zero-order valence-electron chi connectivity index (χ0n) is 11.2. The van der Waals surface area contributed by atoms with Gasteiger partial charge in [-0.05, 0) is 37.5 Å². The maximum atomic E-state index is 5.98. The van der Waals surface area contributed by atoms with Crippen molar-refractivity contribution in [3.05, 3.63) is 41.7 Å². The average molecular weight is 289 g/mol. The summed E-state index contributed by atoms with van der Waals surface area (Å²) in [6.45, 7) is 2.15. The highest BCUT2D eigenvalue weighted by Crippen LogP contribution is 2.22. The number of nitrogens with zero attached hydrogens (tertiary/aromatic N) is 3. The predicted molar refractivity (Wildman–Crippen MR) is 82.8 cm³/mol. The molecule has 0 aliphatic carbocycles. The van der Waals surface area contributed by atoms with Crippen molar-refractivity contribution in [1.82, 2.24) is 9.97 Å². The summed E-state index contributed by atoms with van der Waals surface area (Å²) in [6.07, 6.45) is 5.40. The van der Waals surface area contributed by atoms with Crippen molar-refractivity contribution >= 4 is 28.9 Å². The van der Waals surface area contributed by atoms with E-state index in [4.69, 9.17) is 11.6 Å². The largest absolute Gasteiger partial charge is 0.356 e. The molecule has 1 aliphatic heterocycles. The van der Waals surface area contributed by atoms with E-state index in [1.54, 1.807) is 6.33 Å². The molecule has 1 saturated heterocycles. The molecule has 1 N–H and O–H groups in total. The molecule has 20 heavy (non-hydrogen) atoms. The van der Waals surface area contributed by atoms with Crippen molar-refractivity contribution in [3.63, 3.8) is 0 Å². The lowest BCUT2D eigenvalue weighted by atomic mass is 10.1. The summed E-state index contributed by atoms with van der Waals surface area (Å²) >= 11 is 5.98. The van der Waals surface area contributed by atoms with Crippen LogP contribution in [0.5, 0.6) is 0 Å². The summed E-state index contributed by atoms with van der Waals surface area (Å²) in [4.78, 5) is 11.0. The smallest absolute Gasteiger partial charge is 0.135 e. The Morgan fingerprint density at radius 1 is 1.05 bits per heavy atom. The van der Waals surface area contributed by atoms with E-state index in [2.05, 4.69) is 20.2 Å². The van der Waals surface area contributed by atoms with Gasteiger partial charge in [0.15, 0.2) is 0 Å². The molecule has 0 spiro atoms. The Labute approximate surface area is 123 Å². The Hall–Kier alpha value is -1.81. The van der Waals surface area contributed by atoms with Crippen molar-refractivity contribution in [2.45, 2.75) is 19.3 Å². The Morgan fingerprint density at radius 2 is 1.90 bits per heavy atom. The second-order valence-corrected chi connectivity index (χ2v) is 5.38. The van der Waals surface area contributed by atoms with E-state index in [1.165, 1.54) is 19.3 Å². The van der Waals surface area contributed by atoms with Gasteiger partial charge in [-0.2, -0.15) is 0 Å². The molecule has 0 saturated carbocycles. The number of benzene rings is 1. The first-order chi connectivity index (χ1) is 9.81. The third-order valence-corrected chi connectivity index (χ3v) is 3.66. The van der Waals surface area contributed by atoms with E-state index in [9.17, 15) is 0 Å². The highest BCUT2D eigenvalue weighted by atomic mass is 35.5. The standard InChI is InChI=1S/C15H17ClN4/c16-12-5-4-6-13(9-12)19-14-10-15(18-11-17-14)20-7-2-1-3-8-20/h4-6,9-11H,1-3,7-8H2,(H,17,18,19). The molecular weight excluding hydrogens is 272 g/mol. The quantitative estimate of drug-likeness (QED) is 0.931. The van der Waals surface area contributed by atoms with Crippen LogP contribution in [-0.4, -0.2) is 23.1 Å². The van der Waals surface area contributed by atoms with Gasteiger partial charge in [-0.3, -0.25) is 0 Å². The summed E-state index contributed by atoms with van der Waals surface area (Å²) in [5.41, 5.74) is 0.931. The molecule has 2 heterocycles. The van der Waals surface area contributed by atoms with Gasteiger partial charge >= 0.3 is 0 Å². The van der Waals surface area contributed by atoms with Crippen LogP contribution in [0.4, 0.5) is 17.3 Å². The predicted octanol–water partition coefficient (Wildman–Crippen LogP) is 3.86. The number of anilines is 3. The van der Waals surface area contributed by atoms with Crippen LogP contribution in [0.1, 0.15) is 19.3 Å². The minimum absolute atomic E-state index is 0.709. The average Bonchev–Trinajstić information content (AvgIpc) is 2.48. The van der Waals surface area contributed by atoms with Crippen LogP contribution in [0, 0.1) is 0 Å². The van der Waals surface area contributed by atoms with Gasteiger partial charge in [0.1, 0.15) is 18.0 Å². The van der Waals surface area contributed by atoms with Crippen LogP contribution in [0.25, 0.3) is 0 Å². The van der Waals surface area contributed by atoms with Gasteiger partial charge < -0.3 is 10.2 Å². The second kappa shape index (κ2) is 6.09. The van der Waals surface area contributed by atoms with Gasteiger partial charge in [0, 0.05) is 29.9 Å². The van der Waals surface area contributed by atoms with Crippen LogP contribution in [0.2, 0.25) is 5.02 Å². The summed E-state index contributed by atoms with van der Waals surface area (Å²) in [5.74, 6) is 1.78. The lowest BCUT2D eigenvalue weighted by Gasteiger charge is -2.27. The molecule has 0 atom stereocenters. The summed E-state index contributed by atoms with van der Waals surface area (Å²) in [7, 11) is 0. The van der Waals surface area contributed by atoms with Crippen LogP contribution in [0.3, 0.4) is 0 Å². The van der Waals surface area contributed by atoms with E-state index < -0.39 is 0 Å². The van der Waals surface area contributed by atoms with E-state index >= 15 is 0 Å². The third-order valence-electron chi connectivity index (χ3n) is 3.43. The fourth-order valence-corrected chi connectivity index (χ4v) is 2.62. The summed E-state index contributed by atoms with van der Waals surface area (Å²) in [5, 5.41) is 3.97. The fraction of sp³-hybridized carbons (Fsp3) is 0.333. The van der Waals surface area contributed by atoms with Crippen molar-refractivity contribution < 1.29 is 0 Å². The molecule has 1 fully saturated rings. The lowest BCUT2D eigenvalue weighted by molar-refractivity contribution is 0.573. The van der Waals surface area contributed by atoms with Gasteiger partial charge in [0.05, 0.1) is 0 Å². The summed E-state index contributed by atoms with van der Waals surface area (Å²) < 4.78 is 0. The molecule has 2 aromatic rings. The molecule has 104 valence electrons. The van der Waals surface area contributed by atoms with Gasteiger partial charge in [0.2, 0.25) is 0 Å². The molecule has 4 nitrogen and oxygen atoms in total. The zero-order valence-corrected chi connectivity index (χ0v) is 12.0. The SMILES string of the molecule is Clc1cccc(Nc2cc(N3CCCCC3)ncn2)c1. The monoisotopic (exact) mass is 288 g/mol. The molecule has 0 unspecified atom stereocenters. The number of nitrogens with one attached hydrogen (secondary N) is 1. The molecule has 0 bridgehead atoms. The number of piperidine rings is 1. The Kier molecular flexibility index (Phi) is 4.02. The number of halogens is 1. The maximum Gasteiger partial charge on any atom is 0.135 e. The number of aromatic nitrogens is 2. The molecule has 0 radical (unpaired) electrons. The Bertz CT molecular complexity index is 582. The number of hydrogen-bond acceptors (Lipinski definition) is 4. The Balaban J connectivity index is 1.77. The molecule has 3 rings (SSSR count). The van der Waals surface area contributed by atoms with Gasteiger partial charge in [0.25, 0.3) is 0 Å². The highest BCUT2D eigenvalue weighted by Gasteiger charge is 2.12. The van der Waals surface area contributed by atoms with Gasteiger partial charge in [-0.15, -0.1) is 0 Å². The minimum Gasteiger partial charge on any atom is -0.356 e.